The molecule has 0 aromatic heterocycles. The van der Waals surface area contributed by atoms with Gasteiger partial charge in [-0.25, -0.2) is 0 Å². The van der Waals surface area contributed by atoms with Crippen LogP contribution in [0.4, 0.5) is 5.69 Å². The van der Waals surface area contributed by atoms with Crippen molar-refractivity contribution in [2.75, 3.05) is 106 Å². The molecular formula is C48H80N6O15. The number of carbonyl (C=O) groups excluding carboxylic acids is 5. The molecule has 1 aromatic rings. The van der Waals surface area contributed by atoms with Crippen molar-refractivity contribution >= 4 is 35.7 Å². The monoisotopic (exact) mass is 981 g/mol. The number of allylic oxidation sites excluding steroid dienone is 1. The van der Waals surface area contributed by atoms with Crippen LogP contribution in [0, 0.1) is 38.0 Å². The van der Waals surface area contributed by atoms with Crippen LogP contribution in [0.2, 0.25) is 0 Å². The van der Waals surface area contributed by atoms with Crippen molar-refractivity contribution in [1.82, 2.24) is 24.5 Å². The van der Waals surface area contributed by atoms with Crippen molar-refractivity contribution in [1.29, 1.82) is 0 Å². The largest absolute Gasteiger partial charge is 0.394 e. The maximum atomic E-state index is 14.9. The van der Waals surface area contributed by atoms with E-state index >= 15 is 0 Å². The van der Waals surface area contributed by atoms with Gasteiger partial charge in [-0.3, -0.25) is 24.0 Å². The van der Waals surface area contributed by atoms with Gasteiger partial charge in [0.2, 0.25) is 12.3 Å². The average molecular weight is 981 g/mol. The molecule has 0 heterocycles. The number of nitrogens with zero attached hydrogens (tertiary/aromatic N) is 6. The molecule has 0 spiro atoms. The first-order valence-corrected chi connectivity index (χ1v) is 23.3. The Balaban J connectivity index is 3.01. The van der Waals surface area contributed by atoms with Gasteiger partial charge in [0.05, 0.1) is 69.4 Å². The highest BCUT2D eigenvalue weighted by Gasteiger charge is 2.55. The van der Waals surface area contributed by atoms with E-state index in [1.165, 1.54) is 47.8 Å². The van der Waals surface area contributed by atoms with Crippen molar-refractivity contribution in [3.63, 3.8) is 0 Å². The van der Waals surface area contributed by atoms with Gasteiger partial charge in [-0.2, -0.15) is 0 Å². The molecule has 0 aliphatic heterocycles. The van der Waals surface area contributed by atoms with Gasteiger partial charge < -0.3 is 80.5 Å². The summed E-state index contributed by atoms with van der Waals surface area (Å²) < 4.78 is 0. The number of amides is 5. The van der Waals surface area contributed by atoms with Crippen LogP contribution in [0.25, 0.3) is 0 Å². The van der Waals surface area contributed by atoms with Crippen LogP contribution < -0.4 is 4.90 Å². The van der Waals surface area contributed by atoms with E-state index in [1.807, 2.05) is 20.8 Å². The third-order valence-corrected chi connectivity index (χ3v) is 13.4. The number of hydrogen-bond donors (Lipinski definition) is 10. The highest BCUT2D eigenvalue weighted by molar-refractivity contribution is 6.06. The van der Waals surface area contributed by atoms with Crippen molar-refractivity contribution < 1.29 is 75.0 Å². The second-order valence-corrected chi connectivity index (χ2v) is 18.6. The van der Waals surface area contributed by atoms with Gasteiger partial charge in [-0.15, -0.1) is 0 Å². The molecule has 21 heteroatoms. The van der Waals surface area contributed by atoms with Crippen LogP contribution in [0.1, 0.15) is 84.9 Å². The van der Waals surface area contributed by atoms with Crippen molar-refractivity contribution in [2.45, 2.75) is 98.8 Å². The lowest BCUT2D eigenvalue weighted by Gasteiger charge is -2.52. The zero-order chi connectivity index (χ0) is 53.0. The van der Waals surface area contributed by atoms with E-state index in [-0.39, 0.29) is 83.8 Å². The third kappa shape index (κ3) is 13.3. The number of anilines is 1. The fraction of sp³-hybridized carbons (Fsp3) is 0.688. The van der Waals surface area contributed by atoms with Crippen LogP contribution in [0.3, 0.4) is 0 Å². The Hall–Kier alpha value is -4.55. The molecule has 5 amide bonds. The molecule has 1 aromatic carbocycles. The Kier molecular flexibility index (Phi) is 23.4. The Labute approximate surface area is 406 Å². The Morgan fingerprint density at radius 2 is 1.00 bits per heavy atom. The molecule has 0 fully saturated rings. The molecule has 21 nitrogen and oxygen atoms in total. The minimum absolute atomic E-state index is 0.0113. The van der Waals surface area contributed by atoms with Crippen LogP contribution in [-0.4, -0.2) is 237 Å². The molecule has 392 valence electrons. The first-order valence-electron chi connectivity index (χ1n) is 23.3. The first kappa shape index (κ1) is 60.6. The molecule has 1 aliphatic rings. The number of aliphatic hydroxyl groups excluding tert-OH is 10. The van der Waals surface area contributed by atoms with Crippen molar-refractivity contribution in [3.05, 3.63) is 50.2 Å². The highest BCUT2D eigenvalue weighted by atomic mass is 16.3. The van der Waals surface area contributed by atoms with Crippen LogP contribution in [0.5, 0.6) is 0 Å². The molecule has 1 aliphatic carbocycles. The number of benzene rings is 1. The van der Waals surface area contributed by atoms with E-state index in [2.05, 4.69) is 0 Å². The molecule has 0 bridgehead atoms. The molecule has 10 N–H and O–H groups in total. The van der Waals surface area contributed by atoms with Crippen LogP contribution in [0.15, 0.2) is 22.4 Å². The number of likely N-dealkylation sites (N-methyl/N-ethyl adjacent to an activating group) is 4. The smallest absolute Gasteiger partial charge is 0.254 e. The number of aliphatic hydroxyl groups is 10. The summed E-state index contributed by atoms with van der Waals surface area (Å²) in [6.45, 7) is 8.30. The van der Waals surface area contributed by atoms with Gasteiger partial charge in [0.25, 0.3) is 17.7 Å². The number of carbonyl (C=O) groups is 5. The van der Waals surface area contributed by atoms with Crippen molar-refractivity contribution in [3.8, 4) is 0 Å². The van der Waals surface area contributed by atoms with E-state index < -0.39 is 118 Å². The van der Waals surface area contributed by atoms with E-state index in [0.717, 1.165) is 9.80 Å². The third-order valence-electron chi connectivity index (χ3n) is 13.4. The Bertz CT molecular complexity index is 1970. The summed E-state index contributed by atoms with van der Waals surface area (Å²) >= 11 is 0. The fourth-order valence-corrected chi connectivity index (χ4v) is 10.1. The lowest BCUT2D eigenvalue weighted by Crippen LogP contribution is -2.55. The summed E-state index contributed by atoms with van der Waals surface area (Å²) in [5.41, 5.74) is 0.724. The second-order valence-electron chi connectivity index (χ2n) is 18.6. The summed E-state index contributed by atoms with van der Waals surface area (Å²) in [6, 6.07) is 0. The van der Waals surface area contributed by atoms with Gasteiger partial charge in [-0.1, -0.05) is 27.7 Å². The Morgan fingerprint density at radius 3 is 1.35 bits per heavy atom. The van der Waals surface area contributed by atoms with Gasteiger partial charge in [0.1, 0.15) is 6.73 Å². The SMILES string of the molecule is CCC1=C(C(=O)N(C)CC(O)CO)C(C)=C(N(C=O)CC(O)CN(CO)c2c(C)c(C(=O)N(C)CC(O)CO)c(C)c(C(=O)N(C)CC(O)CO)c2C)C(CC)(C(C)C)C1C(=O)N(C)CC(O)CO. The van der Waals surface area contributed by atoms with E-state index in [9.17, 15) is 75.0 Å². The zero-order valence-electron chi connectivity index (χ0n) is 42.5. The normalized spacial score (nSPS) is 18.4. The molecule has 0 saturated heterocycles. The lowest BCUT2D eigenvalue weighted by atomic mass is 9.56. The molecule has 0 radical (unpaired) electrons. The predicted octanol–water partition coefficient (Wildman–Crippen LogP) is -1.68. The molecular weight excluding hydrogens is 901 g/mol. The quantitative estimate of drug-likeness (QED) is 0.0348. The topological polar surface area (TPSA) is 307 Å². The minimum Gasteiger partial charge on any atom is -0.394 e. The second kappa shape index (κ2) is 26.6. The van der Waals surface area contributed by atoms with Gasteiger partial charge in [0.15, 0.2) is 0 Å². The molecule has 2 rings (SSSR count). The van der Waals surface area contributed by atoms with Gasteiger partial charge in [0, 0.05) is 94.4 Å². The Morgan fingerprint density at radius 1 is 0.594 bits per heavy atom. The first-order chi connectivity index (χ1) is 32.3. The molecule has 7 atom stereocenters. The van der Waals surface area contributed by atoms with E-state index in [1.54, 1.807) is 34.6 Å². The van der Waals surface area contributed by atoms with Gasteiger partial charge in [-0.05, 0) is 74.3 Å². The lowest BCUT2D eigenvalue weighted by molar-refractivity contribution is -0.141. The number of rotatable bonds is 27. The van der Waals surface area contributed by atoms with Crippen LogP contribution in [-0.2, 0) is 14.4 Å². The van der Waals surface area contributed by atoms with Crippen molar-refractivity contribution in [2.24, 2.45) is 17.3 Å². The highest BCUT2D eigenvalue weighted by Crippen LogP contribution is 2.56. The predicted molar refractivity (Wildman–Crippen MR) is 256 cm³/mol. The summed E-state index contributed by atoms with van der Waals surface area (Å²) in [5, 5.41) is 103. The maximum absolute atomic E-state index is 14.9. The van der Waals surface area contributed by atoms with E-state index in [4.69, 9.17) is 0 Å². The maximum Gasteiger partial charge on any atom is 0.254 e. The fourth-order valence-electron chi connectivity index (χ4n) is 10.1. The van der Waals surface area contributed by atoms with Crippen LogP contribution >= 0.6 is 0 Å². The van der Waals surface area contributed by atoms with E-state index in [0.29, 0.717) is 17.6 Å². The zero-order valence-corrected chi connectivity index (χ0v) is 42.5. The molecule has 0 saturated carbocycles. The minimum atomic E-state index is -1.53. The van der Waals surface area contributed by atoms with Gasteiger partial charge >= 0.3 is 0 Å². The summed E-state index contributed by atoms with van der Waals surface area (Å²) in [4.78, 5) is 78.9. The average Bonchev–Trinajstić information content (AvgIpc) is 3.31. The standard InChI is InChI=1S/C48H80N6O15/c1-13-37-40(46(68)51(11)17-35(64)23-57)31(8)43(48(14-2,27(3)4)41(37)47(69)52(12)18-36(65)24-58)54(26-60)20-32(61)19-53(25-59)42-29(6)38(44(66)49(9)15-33(62)21-55)28(5)39(30(42)7)45(67)50(10)16-34(63)22-56/h26-27,32-36,41,55-59,61-65H,13-25H2,1-12H3. The molecule has 7 unspecified atom stereocenters. The number of hydrogen-bond acceptors (Lipinski definition) is 16. The molecule has 69 heavy (non-hydrogen) atoms. The summed E-state index contributed by atoms with van der Waals surface area (Å²) in [5.74, 6) is -4.01. The summed E-state index contributed by atoms with van der Waals surface area (Å²) in [6.07, 6.45) is -5.83. The summed E-state index contributed by atoms with van der Waals surface area (Å²) in [7, 11) is 5.66.